The van der Waals surface area contributed by atoms with Crippen LogP contribution in [0.4, 0.5) is 0 Å². The van der Waals surface area contributed by atoms with E-state index in [2.05, 4.69) is 8.93 Å². The first-order valence-electron chi connectivity index (χ1n) is 1.30. The molecule has 0 N–H and O–H groups in total. The van der Waals surface area contributed by atoms with Gasteiger partial charge in [-0.2, -0.15) is 0 Å². The molecule has 2 unspecified atom stereocenters. The zero-order chi connectivity index (χ0) is 4.28. The molecular weight excluding hydrogens is 102 g/mol. The fraction of sp³-hybridized carbons (Fsp3) is 1.00. The molecular formula is C2H8OP2. The van der Waals surface area contributed by atoms with E-state index in [1.54, 1.807) is 7.11 Å². The van der Waals surface area contributed by atoms with Gasteiger partial charge in [-0.25, -0.2) is 0 Å². The van der Waals surface area contributed by atoms with Gasteiger partial charge in [0.2, 0.25) is 0 Å². The highest BCUT2D eigenvalue weighted by atomic mass is 32.0. The zero-order valence-electron chi connectivity index (χ0n) is 3.43. The third kappa shape index (κ3) is 4.82. The minimum Gasteiger partial charge on any atom is -0.359 e. The summed E-state index contributed by atoms with van der Waals surface area (Å²) >= 11 is 0. The van der Waals surface area contributed by atoms with Crippen molar-refractivity contribution in [3.8, 4) is 0 Å². The topological polar surface area (TPSA) is 9.23 Å². The predicted molar refractivity (Wildman–Crippen MR) is 29.6 cm³/mol. The van der Waals surface area contributed by atoms with Crippen LogP contribution in [-0.4, -0.2) is 13.8 Å². The van der Waals surface area contributed by atoms with Crippen molar-refractivity contribution >= 4 is 16.8 Å². The maximum atomic E-state index is 4.78. The molecule has 2 atom stereocenters. The van der Waals surface area contributed by atoms with Gasteiger partial charge >= 0.3 is 0 Å². The predicted octanol–water partition coefficient (Wildman–Crippen LogP) is 1.45. The molecule has 0 spiro atoms. The van der Waals surface area contributed by atoms with Crippen LogP contribution in [0.5, 0.6) is 0 Å². The minimum absolute atomic E-state index is 0.182. The van der Waals surface area contributed by atoms with Gasteiger partial charge in [-0.3, -0.25) is 0 Å². The Morgan fingerprint density at radius 2 is 2.00 bits per heavy atom. The van der Waals surface area contributed by atoms with Crippen molar-refractivity contribution < 1.29 is 4.52 Å². The highest BCUT2D eigenvalue weighted by molar-refractivity contribution is 8.10. The normalized spacial score (nSPS) is 15.0. The summed E-state index contributed by atoms with van der Waals surface area (Å²) in [6.45, 7) is 2.03. The molecule has 0 heterocycles. The monoisotopic (exact) mass is 110 g/mol. The molecule has 0 aromatic heterocycles. The standard InChI is InChI=1S/C2H8OP2/c1-3-5(2)4/h4H2,1-2H3. The van der Waals surface area contributed by atoms with E-state index in [4.69, 9.17) is 4.52 Å². The molecule has 0 rings (SSSR count). The highest BCUT2D eigenvalue weighted by Gasteiger charge is 1.78. The lowest BCUT2D eigenvalue weighted by Crippen LogP contribution is -1.57. The van der Waals surface area contributed by atoms with Crippen LogP contribution in [0, 0.1) is 0 Å². The van der Waals surface area contributed by atoms with Crippen molar-refractivity contribution in [1.29, 1.82) is 0 Å². The second-order valence-corrected chi connectivity index (χ2v) is 4.37. The lowest BCUT2D eigenvalue weighted by molar-refractivity contribution is 0.475. The molecule has 5 heavy (non-hydrogen) atoms. The van der Waals surface area contributed by atoms with E-state index < -0.39 is 0 Å². The van der Waals surface area contributed by atoms with Crippen LogP contribution in [0.3, 0.4) is 0 Å². The molecule has 3 heteroatoms. The van der Waals surface area contributed by atoms with Crippen LogP contribution in [0.25, 0.3) is 0 Å². The van der Waals surface area contributed by atoms with Gasteiger partial charge in [-0.1, -0.05) is 8.93 Å². The van der Waals surface area contributed by atoms with Gasteiger partial charge in [0.1, 0.15) is 0 Å². The average Bonchev–Trinajstić information content (AvgIpc) is 1.38. The molecule has 0 fully saturated rings. The highest BCUT2D eigenvalue weighted by Crippen LogP contribution is 2.39. The number of rotatable bonds is 1. The van der Waals surface area contributed by atoms with Crippen LogP contribution in [0.2, 0.25) is 0 Å². The second-order valence-electron chi connectivity index (χ2n) is 0.729. The van der Waals surface area contributed by atoms with E-state index in [9.17, 15) is 0 Å². The molecule has 0 saturated carbocycles. The Morgan fingerprint density at radius 1 is 1.80 bits per heavy atom. The van der Waals surface area contributed by atoms with Gasteiger partial charge in [0.15, 0.2) is 0 Å². The van der Waals surface area contributed by atoms with E-state index in [0.717, 1.165) is 0 Å². The molecule has 32 valence electrons. The van der Waals surface area contributed by atoms with E-state index in [1.165, 1.54) is 0 Å². The summed E-state index contributed by atoms with van der Waals surface area (Å²) < 4.78 is 4.78. The van der Waals surface area contributed by atoms with Crippen molar-refractivity contribution in [3.63, 3.8) is 0 Å². The molecule has 0 aromatic rings. The van der Waals surface area contributed by atoms with Crippen molar-refractivity contribution in [3.05, 3.63) is 0 Å². The maximum Gasteiger partial charge on any atom is 0.0431 e. The van der Waals surface area contributed by atoms with Crippen molar-refractivity contribution in [2.45, 2.75) is 0 Å². The van der Waals surface area contributed by atoms with Gasteiger partial charge in [-0.15, -0.1) is 0 Å². The van der Waals surface area contributed by atoms with Gasteiger partial charge in [0.25, 0.3) is 0 Å². The second kappa shape index (κ2) is 3.03. The SMILES string of the molecule is COP(C)P. The Labute approximate surface area is 36.0 Å². The quantitative estimate of drug-likeness (QED) is 0.464. The zero-order valence-corrected chi connectivity index (χ0v) is 5.48. The van der Waals surface area contributed by atoms with Crippen molar-refractivity contribution in [2.24, 2.45) is 0 Å². The Kier molecular flexibility index (Phi) is 3.52. The molecule has 0 aliphatic rings. The summed E-state index contributed by atoms with van der Waals surface area (Å²) in [4.78, 5) is 0. The van der Waals surface area contributed by atoms with Crippen LogP contribution in [0.1, 0.15) is 0 Å². The van der Waals surface area contributed by atoms with Crippen LogP contribution in [-0.2, 0) is 4.52 Å². The van der Waals surface area contributed by atoms with Gasteiger partial charge in [0.05, 0.1) is 0 Å². The summed E-state index contributed by atoms with van der Waals surface area (Å²) in [5.74, 6) is 0. The molecule has 0 saturated heterocycles. The summed E-state index contributed by atoms with van der Waals surface area (Å²) in [5, 5.41) is 0. The van der Waals surface area contributed by atoms with Crippen molar-refractivity contribution in [2.75, 3.05) is 13.8 Å². The molecule has 0 bridgehead atoms. The third-order valence-corrected chi connectivity index (χ3v) is 1.50. The lowest BCUT2D eigenvalue weighted by atomic mass is 11.8. The minimum atomic E-state index is -0.182. The van der Waals surface area contributed by atoms with Crippen LogP contribution in [0.15, 0.2) is 0 Å². The molecule has 0 aromatic carbocycles. The third-order valence-electron chi connectivity index (χ3n) is 0.288. The molecule has 1 nitrogen and oxygen atoms in total. The van der Waals surface area contributed by atoms with E-state index in [0.29, 0.717) is 0 Å². The molecule has 0 aliphatic carbocycles. The Balaban J connectivity index is 2.54. The number of hydrogen-bond acceptors (Lipinski definition) is 1. The molecule has 0 aliphatic heterocycles. The van der Waals surface area contributed by atoms with Crippen molar-refractivity contribution in [1.82, 2.24) is 0 Å². The Hall–Kier alpha value is 0.820. The Bertz CT molecular complexity index is 21.6. The first-order chi connectivity index (χ1) is 2.27. The molecule has 0 radical (unpaired) electrons. The van der Waals surface area contributed by atoms with Gasteiger partial charge < -0.3 is 4.52 Å². The summed E-state index contributed by atoms with van der Waals surface area (Å²) in [6.07, 6.45) is 0. The summed E-state index contributed by atoms with van der Waals surface area (Å²) in [6, 6.07) is 0. The maximum absolute atomic E-state index is 4.78. The fourth-order valence-corrected chi connectivity index (χ4v) is 0. The van der Waals surface area contributed by atoms with Crippen LogP contribution >= 0.6 is 16.8 Å². The van der Waals surface area contributed by atoms with Crippen LogP contribution < -0.4 is 0 Å². The lowest BCUT2D eigenvalue weighted by Gasteiger charge is -1.94. The van der Waals surface area contributed by atoms with E-state index in [-0.39, 0.29) is 7.84 Å². The van der Waals surface area contributed by atoms with Gasteiger partial charge in [0, 0.05) is 14.9 Å². The fourth-order valence-electron chi connectivity index (χ4n) is 0. The average molecular weight is 110 g/mol. The first kappa shape index (κ1) is 5.82. The molecule has 0 amide bonds. The Morgan fingerprint density at radius 3 is 2.00 bits per heavy atom. The summed E-state index contributed by atoms with van der Waals surface area (Å²) in [7, 11) is 4.10. The van der Waals surface area contributed by atoms with E-state index >= 15 is 0 Å². The first-order valence-corrected chi connectivity index (χ1v) is 4.62. The smallest absolute Gasteiger partial charge is 0.0431 e. The van der Waals surface area contributed by atoms with E-state index in [1.807, 2.05) is 6.66 Å². The largest absolute Gasteiger partial charge is 0.359 e. The number of hydrogen-bond donors (Lipinski definition) is 0. The summed E-state index contributed by atoms with van der Waals surface area (Å²) in [5.41, 5.74) is 0. The van der Waals surface area contributed by atoms with Gasteiger partial charge in [-0.05, 0) is 6.66 Å².